The number of rotatable bonds is 4. The molecule has 0 amide bonds. The fourth-order valence-electron chi connectivity index (χ4n) is 3.51. The van der Waals surface area contributed by atoms with Crippen molar-refractivity contribution in [1.82, 2.24) is 9.88 Å². The first-order chi connectivity index (χ1) is 11.7. The highest BCUT2D eigenvalue weighted by Crippen LogP contribution is 2.25. The summed E-state index contributed by atoms with van der Waals surface area (Å²) in [5.41, 5.74) is 3.95. The molecule has 1 aromatic heterocycles. The summed E-state index contributed by atoms with van der Waals surface area (Å²) in [6.45, 7) is 3.10. The van der Waals surface area contributed by atoms with E-state index >= 15 is 0 Å². The van der Waals surface area contributed by atoms with Gasteiger partial charge in [-0.15, -0.1) is 12.4 Å². The summed E-state index contributed by atoms with van der Waals surface area (Å²) in [5, 5.41) is 7.62. The van der Waals surface area contributed by atoms with Gasteiger partial charge in [-0.3, -0.25) is 0 Å². The number of fused-ring (bicyclic) bond motifs is 2. The number of hydrogen-bond acceptors (Lipinski definition) is 1. The van der Waals surface area contributed by atoms with Crippen molar-refractivity contribution < 1.29 is 0 Å². The maximum atomic E-state index is 3.69. The van der Waals surface area contributed by atoms with Crippen molar-refractivity contribution in [2.75, 3.05) is 0 Å². The van der Waals surface area contributed by atoms with E-state index < -0.39 is 0 Å². The van der Waals surface area contributed by atoms with E-state index in [1.807, 2.05) is 0 Å². The number of halogens is 1. The minimum atomic E-state index is 0. The molecule has 128 valence electrons. The van der Waals surface area contributed by atoms with Crippen LogP contribution in [0.2, 0.25) is 0 Å². The second kappa shape index (κ2) is 7.30. The molecule has 0 radical (unpaired) electrons. The zero-order chi connectivity index (χ0) is 16.5. The van der Waals surface area contributed by atoms with Crippen LogP contribution in [0, 0.1) is 0 Å². The zero-order valence-corrected chi connectivity index (χ0v) is 15.4. The quantitative estimate of drug-likeness (QED) is 0.506. The summed E-state index contributed by atoms with van der Waals surface area (Å²) in [6.07, 6.45) is 0. The average Bonchev–Trinajstić information content (AvgIpc) is 2.95. The Labute approximate surface area is 154 Å². The molecule has 0 saturated heterocycles. The summed E-state index contributed by atoms with van der Waals surface area (Å²) in [6, 6.07) is 26.3. The maximum absolute atomic E-state index is 3.69. The SMILES string of the molecule is CC(NCc1cc2ccccc2n1C)c1cccc2ccccc12.Cl. The van der Waals surface area contributed by atoms with Crippen LogP contribution in [0.3, 0.4) is 0 Å². The van der Waals surface area contributed by atoms with Crippen LogP contribution in [0.4, 0.5) is 0 Å². The zero-order valence-electron chi connectivity index (χ0n) is 14.6. The molecule has 0 aliphatic carbocycles. The van der Waals surface area contributed by atoms with Crippen LogP contribution in [-0.2, 0) is 13.6 Å². The van der Waals surface area contributed by atoms with E-state index in [1.165, 1.54) is 32.9 Å². The van der Waals surface area contributed by atoms with Crippen LogP contribution in [0.25, 0.3) is 21.7 Å². The average molecular weight is 351 g/mol. The Morgan fingerprint density at radius 1 is 0.880 bits per heavy atom. The van der Waals surface area contributed by atoms with Gasteiger partial charge in [0.05, 0.1) is 0 Å². The van der Waals surface area contributed by atoms with E-state index in [9.17, 15) is 0 Å². The highest BCUT2D eigenvalue weighted by Gasteiger charge is 2.10. The molecule has 25 heavy (non-hydrogen) atoms. The third-order valence-electron chi connectivity index (χ3n) is 4.93. The van der Waals surface area contributed by atoms with E-state index in [-0.39, 0.29) is 12.4 Å². The number of aromatic nitrogens is 1. The lowest BCUT2D eigenvalue weighted by Gasteiger charge is -2.17. The molecule has 0 spiro atoms. The molecule has 3 aromatic carbocycles. The van der Waals surface area contributed by atoms with Gasteiger partial charge >= 0.3 is 0 Å². The van der Waals surface area contributed by atoms with Crippen LogP contribution in [0.15, 0.2) is 72.8 Å². The van der Waals surface area contributed by atoms with Crippen molar-refractivity contribution in [3.63, 3.8) is 0 Å². The van der Waals surface area contributed by atoms with Gasteiger partial charge in [-0.05, 0) is 40.8 Å². The van der Waals surface area contributed by atoms with Crippen molar-refractivity contribution in [2.24, 2.45) is 7.05 Å². The number of para-hydroxylation sites is 1. The highest BCUT2D eigenvalue weighted by molar-refractivity contribution is 5.86. The molecule has 0 aliphatic rings. The number of aryl methyl sites for hydroxylation is 1. The largest absolute Gasteiger partial charge is 0.346 e. The van der Waals surface area contributed by atoms with E-state index in [2.05, 4.69) is 96.7 Å². The summed E-state index contributed by atoms with van der Waals surface area (Å²) in [7, 11) is 2.14. The minimum absolute atomic E-state index is 0. The molecule has 2 nitrogen and oxygen atoms in total. The molecule has 0 saturated carbocycles. The van der Waals surface area contributed by atoms with Crippen LogP contribution in [0.1, 0.15) is 24.2 Å². The van der Waals surface area contributed by atoms with E-state index in [0.717, 1.165) is 6.54 Å². The van der Waals surface area contributed by atoms with Crippen molar-refractivity contribution in [2.45, 2.75) is 19.5 Å². The molecule has 4 aromatic rings. The topological polar surface area (TPSA) is 17.0 Å². The molecule has 4 rings (SSSR count). The Bertz CT molecular complexity index is 998. The Morgan fingerprint density at radius 2 is 1.56 bits per heavy atom. The van der Waals surface area contributed by atoms with Gasteiger partial charge in [-0.25, -0.2) is 0 Å². The molecule has 0 aliphatic heterocycles. The molecule has 0 bridgehead atoms. The molecule has 1 N–H and O–H groups in total. The van der Waals surface area contributed by atoms with Crippen molar-refractivity contribution in [3.8, 4) is 0 Å². The fourth-order valence-corrected chi connectivity index (χ4v) is 3.51. The summed E-state index contributed by atoms with van der Waals surface area (Å²) in [5.74, 6) is 0. The number of nitrogens with zero attached hydrogens (tertiary/aromatic N) is 1. The first-order valence-electron chi connectivity index (χ1n) is 8.48. The standard InChI is InChI=1S/C22H22N2.ClH/c1-16(20-12-7-10-17-8-3-5-11-21(17)20)23-15-19-14-18-9-4-6-13-22(18)24(19)2;/h3-14,16,23H,15H2,1-2H3;1H. The van der Waals surface area contributed by atoms with Crippen LogP contribution in [-0.4, -0.2) is 4.57 Å². The van der Waals surface area contributed by atoms with E-state index in [0.29, 0.717) is 6.04 Å². The lowest BCUT2D eigenvalue weighted by atomic mass is 10.00. The van der Waals surface area contributed by atoms with Gasteiger partial charge in [0, 0.05) is 30.8 Å². The van der Waals surface area contributed by atoms with Gasteiger partial charge in [-0.1, -0.05) is 60.7 Å². The van der Waals surface area contributed by atoms with Crippen LogP contribution in [0.5, 0.6) is 0 Å². The predicted molar refractivity (Wildman–Crippen MR) is 109 cm³/mol. The molecule has 1 atom stereocenters. The monoisotopic (exact) mass is 350 g/mol. The minimum Gasteiger partial charge on any atom is -0.346 e. The first-order valence-corrected chi connectivity index (χ1v) is 8.48. The molecule has 1 heterocycles. The number of benzene rings is 3. The van der Waals surface area contributed by atoms with Crippen molar-refractivity contribution >= 4 is 34.1 Å². The predicted octanol–water partition coefficient (Wildman–Crippen LogP) is 5.60. The van der Waals surface area contributed by atoms with Crippen LogP contribution < -0.4 is 5.32 Å². The summed E-state index contributed by atoms with van der Waals surface area (Å²) < 4.78 is 2.28. The van der Waals surface area contributed by atoms with E-state index in [1.54, 1.807) is 0 Å². The summed E-state index contributed by atoms with van der Waals surface area (Å²) in [4.78, 5) is 0. The van der Waals surface area contributed by atoms with Gasteiger partial charge in [0.25, 0.3) is 0 Å². The van der Waals surface area contributed by atoms with Gasteiger partial charge in [-0.2, -0.15) is 0 Å². The van der Waals surface area contributed by atoms with Crippen molar-refractivity contribution in [1.29, 1.82) is 0 Å². The van der Waals surface area contributed by atoms with Gasteiger partial charge in [0.1, 0.15) is 0 Å². The van der Waals surface area contributed by atoms with Gasteiger partial charge in [0.2, 0.25) is 0 Å². The smallest absolute Gasteiger partial charge is 0.0480 e. The third kappa shape index (κ3) is 3.28. The fraction of sp³-hybridized carbons (Fsp3) is 0.182. The van der Waals surface area contributed by atoms with Gasteiger partial charge < -0.3 is 9.88 Å². The normalized spacial score (nSPS) is 12.2. The second-order valence-corrected chi connectivity index (χ2v) is 6.42. The Morgan fingerprint density at radius 3 is 2.36 bits per heavy atom. The third-order valence-corrected chi connectivity index (χ3v) is 4.93. The lowest BCUT2D eigenvalue weighted by Crippen LogP contribution is -2.19. The Hall–Kier alpha value is -2.29. The maximum Gasteiger partial charge on any atom is 0.0480 e. The molecular formula is C22H23ClN2. The highest BCUT2D eigenvalue weighted by atomic mass is 35.5. The first kappa shape index (κ1) is 17.5. The lowest BCUT2D eigenvalue weighted by molar-refractivity contribution is 0.562. The molecule has 0 fully saturated rings. The number of hydrogen-bond donors (Lipinski definition) is 1. The molecule has 3 heteroatoms. The Kier molecular flexibility index (Phi) is 5.12. The molecule has 1 unspecified atom stereocenters. The second-order valence-electron chi connectivity index (χ2n) is 6.42. The Balaban J connectivity index is 0.00000182. The summed E-state index contributed by atoms with van der Waals surface area (Å²) >= 11 is 0. The van der Waals surface area contributed by atoms with Crippen molar-refractivity contribution in [3.05, 3.63) is 84.1 Å². The van der Waals surface area contributed by atoms with Crippen LogP contribution >= 0.6 is 12.4 Å². The van der Waals surface area contributed by atoms with E-state index in [4.69, 9.17) is 0 Å². The van der Waals surface area contributed by atoms with Gasteiger partial charge in [0.15, 0.2) is 0 Å². The number of nitrogens with one attached hydrogen (secondary N) is 1. The molecular weight excluding hydrogens is 328 g/mol.